The molecular weight excluding hydrogens is 320 g/mol. The lowest BCUT2D eigenvalue weighted by Gasteiger charge is -2.26. The van der Waals surface area contributed by atoms with Crippen LogP contribution in [0.5, 0.6) is 5.75 Å². The highest BCUT2D eigenvalue weighted by Crippen LogP contribution is 2.32. The van der Waals surface area contributed by atoms with Gasteiger partial charge in [0.2, 0.25) is 0 Å². The molecule has 24 heavy (non-hydrogen) atoms. The molecule has 0 saturated carbocycles. The van der Waals surface area contributed by atoms with E-state index in [1.54, 1.807) is 17.5 Å². The van der Waals surface area contributed by atoms with Gasteiger partial charge < -0.3 is 10.5 Å². The third-order valence-electron chi connectivity index (χ3n) is 3.88. The van der Waals surface area contributed by atoms with Crippen LogP contribution in [0.25, 0.3) is 0 Å². The first-order chi connectivity index (χ1) is 11.7. The van der Waals surface area contributed by atoms with Crippen molar-refractivity contribution in [1.82, 2.24) is 14.9 Å². The quantitative estimate of drug-likeness (QED) is 0.866. The predicted octanol–water partition coefficient (Wildman–Crippen LogP) is 3.42. The molecule has 2 aromatic heterocycles. The van der Waals surface area contributed by atoms with E-state index in [4.69, 9.17) is 10.5 Å². The van der Waals surface area contributed by atoms with Crippen molar-refractivity contribution in [3.05, 3.63) is 40.6 Å². The van der Waals surface area contributed by atoms with Gasteiger partial charge in [-0.25, -0.2) is 4.98 Å². The van der Waals surface area contributed by atoms with Crippen molar-refractivity contribution in [2.45, 2.75) is 45.7 Å². The number of aryl methyl sites for hydroxylation is 1. The van der Waals surface area contributed by atoms with Crippen LogP contribution in [0.3, 0.4) is 0 Å². The summed E-state index contributed by atoms with van der Waals surface area (Å²) < 4.78 is 5.76. The fourth-order valence-corrected chi connectivity index (χ4v) is 3.69. The van der Waals surface area contributed by atoms with Crippen LogP contribution in [0.1, 0.15) is 43.3 Å². The highest BCUT2D eigenvalue weighted by Gasteiger charge is 2.28. The van der Waals surface area contributed by atoms with Crippen LogP contribution in [0, 0.1) is 6.92 Å². The number of aromatic nitrogens is 2. The largest absolute Gasteiger partial charge is 0.490 e. The van der Waals surface area contributed by atoms with E-state index in [2.05, 4.69) is 14.9 Å². The van der Waals surface area contributed by atoms with Crippen LogP contribution < -0.4 is 10.5 Å². The SMILES string of the molecule is CC.Cc1cncc(OCC(N)CN2CCCC2c2nccs2)c1. The number of thiazole rings is 1. The summed E-state index contributed by atoms with van der Waals surface area (Å²) >= 11 is 1.73. The van der Waals surface area contributed by atoms with Gasteiger partial charge in [-0.05, 0) is 37.9 Å². The molecule has 2 atom stereocenters. The zero-order chi connectivity index (χ0) is 17.4. The van der Waals surface area contributed by atoms with Crippen LogP contribution >= 0.6 is 11.3 Å². The van der Waals surface area contributed by atoms with E-state index in [1.807, 2.05) is 44.6 Å². The van der Waals surface area contributed by atoms with Gasteiger partial charge in [-0.15, -0.1) is 11.3 Å². The highest BCUT2D eigenvalue weighted by atomic mass is 32.1. The first kappa shape index (κ1) is 18.8. The summed E-state index contributed by atoms with van der Waals surface area (Å²) in [4.78, 5) is 11.0. The summed E-state index contributed by atoms with van der Waals surface area (Å²) in [6.07, 6.45) is 7.80. The Morgan fingerprint density at radius 1 is 1.42 bits per heavy atom. The van der Waals surface area contributed by atoms with Crippen molar-refractivity contribution >= 4 is 11.3 Å². The molecule has 3 rings (SSSR count). The molecule has 1 aliphatic heterocycles. The Bertz CT molecular complexity index is 590. The van der Waals surface area contributed by atoms with Gasteiger partial charge in [0.1, 0.15) is 17.4 Å². The van der Waals surface area contributed by atoms with Gasteiger partial charge in [0.25, 0.3) is 0 Å². The molecule has 1 saturated heterocycles. The second kappa shape index (κ2) is 9.71. The van der Waals surface area contributed by atoms with Gasteiger partial charge in [0, 0.05) is 24.3 Å². The van der Waals surface area contributed by atoms with Crippen LogP contribution in [-0.2, 0) is 0 Å². The Morgan fingerprint density at radius 3 is 2.96 bits per heavy atom. The number of likely N-dealkylation sites (tertiary alicyclic amines) is 1. The number of hydrogen-bond donors (Lipinski definition) is 1. The zero-order valence-electron chi connectivity index (χ0n) is 14.8. The molecule has 3 heterocycles. The van der Waals surface area contributed by atoms with Crippen molar-refractivity contribution < 1.29 is 4.74 Å². The molecule has 2 N–H and O–H groups in total. The number of nitrogens with two attached hydrogens (primary N) is 1. The Labute approximate surface area is 148 Å². The lowest BCUT2D eigenvalue weighted by atomic mass is 10.2. The average molecular weight is 349 g/mol. The van der Waals surface area contributed by atoms with Gasteiger partial charge >= 0.3 is 0 Å². The van der Waals surface area contributed by atoms with Gasteiger partial charge in [-0.3, -0.25) is 9.88 Å². The summed E-state index contributed by atoms with van der Waals surface area (Å²) in [6, 6.07) is 2.39. The second-order valence-corrected chi connectivity index (χ2v) is 6.72. The minimum atomic E-state index is -0.0129. The minimum Gasteiger partial charge on any atom is -0.490 e. The molecular formula is C18H28N4OS. The lowest BCUT2D eigenvalue weighted by Crippen LogP contribution is -2.41. The molecule has 5 nitrogen and oxygen atoms in total. The minimum absolute atomic E-state index is 0.0129. The van der Waals surface area contributed by atoms with Crippen molar-refractivity contribution in [2.75, 3.05) is 19.7 Å². The van der Waals surface area contributed by atoms with Crippen molar-refractivity contribution in [3.63, 3.8) is 0 Å². The molecule has 0 aliphatic carbocycles. The van der Waals surface area contributed by atoms with E-state index in [-0.39, 0.29) is 6.04 Å². The second-order valence-electron chi connectivity index (χ2n) is 5.79. The fraction of sp³-hybridized carbons (Fsp3) is 0.556. The number of rotatable bonds is 6. The first-order valence-corrected chi connectivity index (χ1v) is 9.54. The number of hydrogen-bond acceptors (Lipinski definition) is 6. The Hall–Kier alpha value is -1.50. The molecule has 2 unspecified atom stereocenters. The normalized spacial score (nSPS) is 18.8. The summed E-state index contributed by atoms with van der Waals surface area (Å²) in [6.45, 7) is 8.43. The maximum atomic E-state index is 6.25. The monoisotopic (exact) mass is 348 g/mol. The van der Waals surface area contributed by atoms with E-state index in [1.165, 1.54) is 17.8 Å². The molecule has 1 aliphatic rings. The zero-order valence-corrected chi connectivity index (χ0v) is 15.6. The average Bonchev–Trinajstić information content (AvgIpc) is 3.26. The molecule has 6 heteroatoms. The van der Waals surface area contributed by atoms with E-state index >= 15 is 0 Å². The number of ether oxygens (including phenoxy) is 1. The topological polar surface area (TPSA) is 64.3 Å². The van der Waals surface area contributed by atoms with Gasteiger partial charge in [-0.2, -0.15) is 0 Å². The molecule has 0 spiro atoms. The van der Waals surface area contributed by atoms with Crippen LogP contribution in [-0.4, -0.2) is 40.6 Å². The maximum Gasteiger partial charge on any atom is 0.137 e. The summed E-state index contributed by atoms with van der Waals surface area (Å²) in [5.74, 6) is 0.786. The van der Waals surface area contributed by atoms with Crippen molar-refractivity contribution in [3.8, 4) is 5.75 Å². The van der Waals surface area contributed by atoms with Crippen LogP contribution in [0.15, 0.2) is 30.0 Å². The van der Waals surface area contributed by atoms with Gasteiger partial charge in [0.05, 0.1) is 18.3 Å². The molecule has 0 radical (unpaired) electrons. The highest BCUT2D eigenvalue weighted by molar-refractivity contribution is 7.09. The molecule has 0 amide bonds. The van der Waals surface area contributed by atoms with E-state index in [0.717, 1.165) is 24.4 Å². The van der Waals surface area contributed by atoms with E-state index in [0.29, 0.717) is 12.6 Å². The molecule has 0 aromatic carbocycles. The number of nitrogens with zero attached hydrogens (tertiary/aromatic N) is 3. The Morgan fingerprint density at radius 2 is 2.25 bits per heavy atom. The predicted molar refractivity (Wildman–Crippen MR) is 99.5 cm³/mol. The molecule has 1 fully saturated rings. The molecule has 132 valence electrons. The third-order valence-corrected chi connectivity index (χ3v) is 4.76. The molecule has 2 aromatic rings. The summed E-state index contributed by atoms with van der Waals surface area (Å²) in [5.41, 5.74) is 7.34. The Balaban J connectivity index is 0.00000100. The van der Waals surface area contributed by atoms with E-state index in [9.17, 15) is 0 Å². The fourth-order valence-electron chi connectivity index (χ4n) is 2.89. The van der Waals surface area contributed by atoms with Crippen molar-refractivity contribution in [1.29, 1.82) is 0 Å². The van der Waals surface area contributed by atoms with Crippen LogP contribution in [0.2, 0.25) is 0 Å². The van der Waals surface area contributed by atoms with Crippen molar-refractivity contribution in [2.24, 2.45) is 5.73 Å². The van der Waals surface area contributed by atoms with E-state index < -0.39 is 0 Å². The van der Waals surface area contributed by atoms with Crippen LogP contribution in [0.4, 0.5) is 0 Å². The molecule has 0 bridgehead atoms. The maximum absolute atomic E-state index is 6.25. The smallest absolute Gasteiger partial charge is 0.137 e. The number of pyridine rings is 1. The third kappa shape index (κ3) is 5.26. The first-order valence-electron chi connectivity index (χ1n) is 8.66. The Kier molecular flexibility index (Phi) is 7.62. The van der Waals surface area contributed by atoms with Gasteiger partial charge in [-0.1, -0.05) is 13.8 Å². The summed E-state index contributed by atoms with van der Waals surface area (Å²) in [7, 11) is 0. The standard InChI is InChI=1S/C16H22N4OS.C2H6/c1-12-7-14(9-18-8-12)21-11-13(17)10-20-5-2-3-15(20)16-19-4-6-22-16;1-2/h4,6-9,13,15H,2-3,5,10-11,17H2,1H3;1-2H3. The van der Waals surface area contributed by atoms with Gasteiger partial charge in [0.15, 0.2) is 0 Å². The lowest BCUT2D eigenvalue weighted by molar-refractivity contribution is 0.201. The summed E-state index contributed by atoms with van der Waals surface area (Å²) in [5, 5.41) is 3.24.